The van der Waals surface area contributed by atoms with Gasteiger partial charge in [-0.25, -0.2) is 4.98 Å². The van der Waals surface area contributed by atoms with Gasteiger partial charge in [-0.1, -0.05) is 30.7 Å². The van der Waals surface area contributed by atoms with E-state index in [0.717, 1.165) is 47.6 Å². The number of ether oxygens (including phenoxy) is 1. The number of aryl methyl sites for hydroxylation is 3. The highest BCUT2D eigenvalue weighted by Crippen LogP contribution is 2.37. The number of aliphatic carboxylic acids is 1. The minimum atomic E-state index is -0.738. The van der Waals surface area contributed by atoms with Gasteiger partial charge in [0.1, 0.15) is 11.5 Å². The van der Waals surface area contributed by atoms with Crippen LogP contribution >= 0.6 is 0 Å². The molecule has 0 bridgehead atoms. The topological polar surface area (TPSA) is 72.6 Å². The molecular formula is C25H27NO4. The molecule has 4 rings (SSSR count). The number of rotatable bonds is 8. The van der Waals surface area contributed by atoms with Gasteiger partial charge in [-0.05, 0) is 61.1 Å². The second-order valence-electron chi connectivity index (χ2n) is 7.90. The van der Waals surface area contributed by atoms with Gasteiger partial charge >= 0.3 is 5.97 Å². The van der Waals surface area contributed by atoms with Gasteiger partial charge in [0, 0.05) is 18.4 Å². The number of carboxylic acids is 1. The van der Waals surface area contributed by atoms with Crippen LogP contribution < -0.4 is 4.74 Å². The first-order valence-electron chi connectivity index (χ1n) is 10.6. The predicted molar refractivity (Wildman–Crippen MR) is 115 cm³/mol. The SMILES string of the molecule is CCc1oc(-c2ccc(C)cc2)nc1CCOc1ccc2c(c1)CC[C@@H]2CC(=O)O. The zero-order valence-corrected chi connectivity index (χ0v) is 17.5. The summed E-state index contributed by atoms with van der Waals surface area (Å²) in [6.07, 6.45) is 3.47. The largest absolute Gasteiger partial charge is 0.493 e. The van der Waals surface area contributed by atoms with E-state index < -0.39 is 5.97 Å². The lowest BCUT2D eigenvalue weighted by atomic mass is 9.98. The van der Waals surface area contributed by atoms with Gasteiger partial charge in [-0.2, -0.15) is 0 Å². The van der Waals surface area contributed by atoms with E-state index in [1.807, 2.05) is 24.3 Å². The first kappa shape index (κ1) is 20.2. The van der Waals surface area contributed by atoms with Crippen molar-refractivity contribution in [1.82, 2.24) is 4.98 Å². The second-order valence-corrected chi connectivity index (χ2v) is 7.90. The summed E-state index contributed by atoms with van der Waals surface area (Å²) >= 11 is 0. The number of fused-ring (bicyclic) bond motifs is 1. The maximum Gasteiger partial charge on any atom is 0.303 e. The highest BCUT2D eigenvalue weighted by molar-refractivity contribution is 5.68. The van der Waals surface area contributed by atoms with Crippen molar-refractivity contribution in [3.05, 3.63) is 70.6 Å². The fourth-order valence-electron chi connectivity index (χ4n) is 4.13. The number of hydrogen-bond donors (Lipinski definition) is 1. The summed E-state index contributed by atoms with van der Waals surface area (Å²) in [7, 11) is 0. The maximum absolute atomic E-state index is 11.0. The molecule has 0 spiro atoms. The van der Waals surface area contributed by atoms with Crippen LogP contribution in [0.2, 0.25) is 0 Å². The number of nitrogens with zero attached hydrogens (tertiary/aromatic N) is 1. The Hall–Kier alpha value is -3.08. The van der Waals surface area contributed by atoms with E-state index in [-0.39, 0.29) is 12.3 Å². The first-order valence-corrected chi connectivity index (χ1v) is 10.6. The molecule has 1 heterocycles. The Labute approximate surface area is 176 Å². The van der Waals surface area contributed by atoms with Crippen LogP contribution in [0.5, 0.6) is 5.75 Å². The third-order valence-corrected chi connectivity index (χ3v) is 5.74. The maximum atomic E-state index is 11.0. The molecule has 1 aliphatic carbocycles. The molecule has 0 amide bonds. The fourth-order valence-corrected chi connectivity index (χ4v) is 4.13. The number of hydrogen-bond acceptors (Lipinski definition) is 4. The van der Waals surface area contributed by atoms with Crippen molar-refractivity contribution in [2.75, 3.05) is 6.61 Å². The molecule has 0 unspecified atom stereocenters. The Morgan fingerprint density at radius 2 is 2.03 bits per heavy atom. The summed E-state index contributed by atoms with van der Waals surface area (Å²) < 4.78 is 12.0. The lowest BCUT2D eigenvalue weighted by molar-refractivity contribution is -0.137. The normalized spacial score (nSPS) is 15.2. The molecule has 1 N–H and O–H groups in total. The third-order valence-electron chi connectivity index (χ3n) is 5.74. The Kier molecular flexibility index (Phi) is 5.88. The van der Waals surface area contributed by atoms with Crippen LogP contribution in [0.3, 0.4) is 0 Å². The first-order chi connectivity index (χ1) is 14.5. The Bertz CT molecular complexity index is 1040. The molecular weight excluding hydrogens is 378 g/mol. The van der Waals surface area contributed by atoms with Gasteiger partial charge in [-0.3, -0.25) is 4.79 Å². The van der Waals surface area contributed by atoms with Crippen LogP contribution in [0, 0.1) is 6.92 Å². The molecule has 0 aliphatic heterocycles. The van der Waals surface area contributed by atoms with Gasteiger partial charge < -0.3 is 14.3 Å². The lowest BCUT2D eigenvalue weighted by Crippen LogP contribution is -2.05. The van der Waals surface area contributed by atoms with Crippen molar-refractivity contribution >= 4 is 5.97 Å². The summed E-state index contributed by atoms with van der Waals surface area (Å²) in [5.41, 5.74) is 5.49. The molecule has 0 radical (unpaired) electrons. The highest BCUT2D eigenvalue weighted by Gasteiger charge is 2.25. The summed E-state index contributed by atoms with van der Waals surface area (Å²) in [4.78, 5) is 15.7. The smallest absolute Gasteiger partial charge is 0.303 e. The van der Waals surface area contributed by atoms with Crippen LogP contribution in [0.25, 0.3) is 11.5 Å². The average Bonchev–Trinajstić information content (AvgIpc) is 3.32. The number of carbonyl (C=O) groups is 1. The Balaban J connectivity index is 1.40. The van der Waals surface area contributed by atoms with Crippen LogP contribution in [-0.4, -0.2) is 22.7 Å². The van der Waals surface area contributed by atoms with Gasteiger partial charge in [0.25, 0.3) is 0 Å². The minimum Gasteiger partial charge on any atom is -0.493 e. The van der Waals surface area contributed by atoms with Crippen molar-refractivity contribution in [2.24, 2.45) is 0 Å². The number of carboxylic acid groups (broad SMARTS) is 1. The zero-order valence-electron chi connectivity index (χ0n) is 17.5. The van der Waals surface area contributed by atoms with E-state index in [9.17, 15) is 4.79 Å². The Morgan fingerprint density at radius 1 is 1.23 bits per heavy atom. The van der Waals surface area contributed by atoms with Crippen LogP contribution in [0.15, 0.2) is 46.9 Å². The van der Waals surface area contributed by atoms with Crippen molar-refractivity contribution in [3.63, 3.8) is 0 Å². The van der Waals surface area contributed by atoms with Crippen LogP contribution in [0.4, 0.5) is 0 Å². The molecule has 0 saturated heterocycles. The van der Waals surface area contributed by atoms with Crippen molar-refractivity contribution in [3.8, 4) is 17.2 Å². The van der Waals surface area contributed by atoms with E-state index in [1.165, 1.54) is 11.1 Å². The highest BCUT2D eigenvalue weighted by atomic mass is 16.5. The van der Waals surface area contributed by atoms with Crippen LogP contribution in [0.1, 0.15) is 53.8 Å². The molecule has 1 aromatic heterocycles. The summed E-state index contributed by atoms with van der Waals surface area (Å²) in [5.74, 6) is 1.76. The molecule has 5 nitrogen and oxygen atoms in total. The molecule has 3 aromatic rings. The van der Waals surface area contributed by atoms with E-state index in [2.05, 4.69) is 32.0 Å². The number of aromatic nitrogens is 1. The van der Waals surface area contributed by atoms with Crippen molar-refractivity contribution in [2.45, 2.75) is 51.9 Å². The lowest BCUT2D eigenvalue weighted by Gasteiger charge is -2.10. The van der Waals surface area contributed by atoms with Gasteiger partial charge in [-0.15, -0.1) is 0 Å². The number of oxazole rings is 1. The fraction of sp³-hybridized carbons (Fsp3) is 0.360. The van der Waals surface area contributed by atoms with E-state index >= 15 is 0 Å². The molecule has 156 valence electrons. The van der Waals surface area contributed by atoms with Crippen molar-refractivity contribution < 1.29 is 19.1 Å². The quantitative estimate of drug-likeness (QED) is 0.548. The zero-order chi connectivity index (χ0) is 21.1. The summed E-state index contributed by atoms with van der Waals surface area (Å²) in [5, 5.41) is 9.07. The third kappa shape index (κ3) is 4.40. The summed E-state index contributed by atoms with van der Waals surface area (Å²) in [6, 6.07) is 14.2. The Morgan fingerprint density at radius 3 is 2.77 bits per heavy atom. The van der Waals surface area contributed by atoms with E-state index in [4.69, 9.17) is 19.2 Å². The summed E-state index contributed by atoms with van der Waals surface area (Å²) in [6.45, 7) is 4.65. The van der Waals surface area contributed by atoms with Crippen LogP contribution in [-0.2, 0) is 24.1 Å². The molecule has 1 aliphatic rings. The minimum absolute atomic E-state index is 0.119. The average molecular weight is 405 g/mol. The van der Waals surface area contributed by atoms with Gasteiger partial charge in [0.2, 0.25) is 5.89 Å². The van der Waals surface area contributed by atoms with Crippen molar-refractivity contribution in [1.29, 1.82) is 0 Å². The predicted octanol–water partition coefficient (Wildman–Crippen LogP) is 5.34. The molecule has 1 atom stereocenters. The molecule has 0 saturated carbocycles. The molecule has 30 heavy (non-hydrogen) atoms. The standard InChI is InChI=1S/C25H27NO4/c1-3-23-22(26-25(30-23)17-6-4-16(2)5-7-17)12-13-29-20-10-11-21-18(14-20)8-9-19(21)15-24(27)28/h4-7,10-11,14,19H,3,8-9,12-13,15H2,1-2H3,(H,27,28)/t19-/m1/s1. The molecule has 2 aromatic carbocycles. The van der Waals surface area contributed by atoms with Gasteiger partial charge in [0.15, 0.2) is 0 Å². The van der Waals surface area contributed by atoms with E-state index in [1.54, 1.807) is 0 Å². The molecule has 5 heteroatoms. The van der Waals surface area contributed by atoms with E-state index in [0.29, 0.717) is 18.9 Å². The molecule has 0 fully saturated rings. The monoisotopic (exact) mass is 405 g/mol. The second kappa shape index (κ2) is 8.74. The van der Waals surface area contributed by atoms with Gasteiger partial charge in [0.05, 0.1) is 18.7 Å². The number of benzene rings is 2.